The van der Waals surface area contributed by atoms with Gasteiger partial charge in [-0.2, -0.15) is 5.10 Å². The number of aryl methyl sites for hydroxylation is 2. The van der Waals surface area contributed by atoms with Crippen LogP contribution in [0, 0.1) is 19.8 Å². The third-order valence-electron chi connectivity index (χ3n) is 6.76. The molecule has 2 amide bonds. The number of carbonyl (C=O) groups is 3. The molecule has 4 N–H and O–H groups in total. The van der Waals surface area contributed by atoms with Crippen molar-refractivity contribution in [3.63, 3.8) is 0 Å². The van der Waals surface area contributed by atoms with E-state index in [4.69, 9.17) is 0 Å². The van der Waals surface area contributed by atoms with E-state index in [1.807, 2.05) is 44.2 Å². The molecule has 0 aliphatic rings. The Morgan fingerprint density at radius 3 is 2.35 bits per heavy atom. The Balaban J connectivity index is 1.58. The number of carbonyl (C=O) groups excluding carboxylic acids is 3. The van der Waals surface area contributed by atoms with Crippen LogP contribution >= 0.6 is 0 Å². The number of hydrazone groups is 1. The van der Waals surface area contributed by atoms with Gasteiger partial charge < -0.3 is 15.5 Å². The highest BCUT2D eigenvalue weighted by Crippen LogP contribution is 2.27. The minimum absolute atomic E-state index is 0.0226. The minimum Gasteiger partial charge on any atom is -0.508 e. The molecule has 40 heavy (non-hydrogen) atoms. The average Bonchev–Trinajstić information content (AvgIpc) is 2.94. The molecule has 0 saturated carbocycles. The van der Waals surface area contributed by atoms with Gasteiger partial charge in [-0.3, -0.25) is 14.4 Å². The van der Waals surface area contributed by atoms with Gasteiger partial charge >= 0.3 is 0 Å². The highest BCUT2D eigenvalue weighted by molar-refractivity contribution is 6.14. The van der Waals surface area contributed by atoms with Gasteiger partial charge in [0.05, 0.1) is 11.5 Å². The van der Waals surface area contributed by atoms with Crippen molar-refractivity contribution >= 4 is 39.8 Å². The van der Waals surface area contributed by atoms with E-state index in [-0.39, 0.29) is 41.6 Å². The van der Waals surface area contributed by atoms with E-state index in [9.17, 15) is 24.6 Å². The van der Waals surface area contributed by atoms with E-state index in [0.29, 0.717) is 22.3 Å². The summed E-state index contributed by atoms with van der Waals surface area (Å²) in [5, 5.41) is 28.5. The van der Waals surface area contributed by atoms with Crippen molar-refractivity contribution in [1.29, 1.82) is 0 Å². The van der Waals surface area contributed by atoms with Gasteiger partial charge in [0.25, 0.3) is 5.91 Å². The molecule has 0 aromatic heterocycles. The summed E-state index contributed by atoms with van der Waals surface area (Å²) in [6.45, 7) is 5.49. The fraction of sp³-hybridized carbons (Fsp3) is 0.188. The maximum Gasteiger partial charge on any atom is 0.275 e. The number of hydrogen-bond donors (Lipinski definition) is 4. The van der Waals surface area contributed by atoms with Crippen LogP contribution in [0.5, 0.6) is 11.5 Å². The molecule has 8 heteroatoms. The monoisotopic (exact) mass is 537 g/mol. The molecule has 0 fully saturated rings. The van der Waals surface area contributed by atoms with E-state index in [1.165, 1.54) is 30.3 Å². The van der Waals surface area contributed by atoms with E-state index in [1.54, 1.807) is 25.1 Å². The lowest BCUT2D eigenvalue weighted by atomic mass is 9.92. The number of nitrogens with zero attached hydrogens (tertiary/aromatic N) is 1. The highest BCUT2D eigenvalue weighted by atomic mass is 16.3. The number of aromatic hydroxyl groups is 2. The van der Waals surface area contributed by atoms with E-state index >= 15 is 0 Å². The van der Waals surface area contributed by atoms with Gasteiger partial charge in [0.2, 0.25) is 5.91 Å². The molecule has 0 heterocycles. The van der Waals surface area contributed by atoms with E-state index in [2.05, 4.69) is 15.8 Å². The average molecular weight is 538 g/mol. The molecule has 4 aromatic rings. The van der Waals surface area contributed by atoms with Crippen LogP contribution in [0.1, 0.15) is 51.6 Å². The number of rotatable bonds is 9. The number of hydrogen-bond acceptors (Lipinski definition) is 6. The fourth-order valence-electron chi connectivity index (χ4n) is 4.40. The minimum atomic E-state index is -0.778. The Hall–Kier alpha value is -4.98. The SMILES string of the molecule is Cc1ccc(C)c(NC(=O)CC/C(=N\NC(=O)c2c(O)ccc3ccccc23)[C@@H](C)C(=O)c2ccc(O)cc2)c1. The Kier molecular flexibility index (Phi) is 8.59. The molecule has 4 aromatic carbocycles. The van der Waals surface area contributed by atoms with Crippen molar-refractivity contribution in [3.05, 3.63) is 101 Å². The molecule has 0 bridgehead atoms. The maximum absolute atomic E-state index is 13.2. The fourth-order valence-corrected chi connectivity index (χ4v) is 4.40. The van der Waals surface area contributed by atoms with Crippen LogP contribution in [0.4, 0.5) is 5.69 Å². The van der Waals surface area contributed by atoms with Gasteiger partial charge in [0.15, 0.2) is 5.78 Å². The Morgan fingerprint density at radius 1 is 0.875 bits per heavy atom. The third kappa shape index (κ3) is 6.53. The molecule has 0 aliphatic carbocycles. The lowest BCUT2D eigenvalue weighted by Crippen LogP contribution is -2.28. The lowest BCUT2D eigenvalue weighted by molar-refractivity contribution is -0.116. The van der Waals surface area contributed by atoms with E-state index in [0.717, 1.165) is 16.5 Å². The molecule has 8 nitrogen and oxygen atoms in total. The van der Waals surface area contributed by atoms with Crippen LogP contribution in [-0.2, 0) is 4.79 Å². The van der Waals surface area contributed by atoms with Gasteiger partial charge in [-0.05, 0) is 85.5 Å². The number of fused-ring (bicyclic) bond motifs is 1. The zero-order valence-electron chi connectivity index (χ0n) is 22.6. The zero-order valence-corrected chi connectivity index (χ0v) is 22.6. The molecule has 0 spiro atoms. The van der Waals surface area contributed by atoms with Crippen LogP contribution in [-0.4, -0.2) is 33.5 Å². The van der Waals surface area contributed by atoms with Crippen molar-refractivity contribution in [1.82, 2.24) is 5.43 Å². The number of ketones is 1. The zero-order chi connectivity index (χ0) is 28.8. The number of amides is 2. The Bertz CT molecular complexity index is 1610. The number of nitrogens with one attached hydrogen (secondary N) is 2. The summed E-state index contributed by atoms with van der Waals surface area (Å²) < 4.78 is 0. The van der Waals surface area contributed by atoms with E-state index < -0.39 is 11.8 Å². The molecule has 1 atom stereocenters. The second-order valence-corrected chi connectivity index (χ2v) is 9.72. The van der Waals surface area contributed by atoms with Crippen molar-refractivity contribution in [2.45, 2.75) is 33.6 Å². The molecule has 4 rings (SSSR count). The van der Waals surface area contributed by atoms with Gasteiger partial charge in [0, 0.05) is 23.4 Å². The topological polar surface area (TPSA) is 128 Å². The number of benzene rings is 4. The quantitative estimate of drug-likeness (QED) is 0.120. The molecule has 204 valence electrons. The summed E-state index contributed by atoms with van der Waals surface area (Å²) in [6.07, 6.45) is 0.123. The van der Waals surface area contributed by atoms with Crippen molar-refractivity contribution in [2.24, 2.45) is 11.0 Å². The van der Waals surface area contributed by atoms with Crippen molar-refractivity contribution in [3.8, 4) is 11.5 Å². The molecule has 0 unspecified atom stereocenters. The van der Waals surface area contributed by atoms with Crippen molar-refractivity contribution in [2.75, 3.05) is 5.32 Å². The molecule has 0 saturated heterocycles. The summed E-state index contributed by atoms with van der Waals surface area (Å²) in [4.78, 5) is 39.2. The number of anilines is 1. The van der Waals surface area contributed by atoms with Gasteiger partial charge in [0.1, 0.15) is 11.5 Å². The highest BCUT2D eigenvalue weighted by Gasteiger charge is 2.23. The normalized spacial score (nSPS) is 12.1. The van der Waals surface area contributed by atoms with Crippen molar-refractivity contribution < 1.29 is 24.6 Å². The first-order valence-corrected chi connectivity index (χ1v) is 12.9. The predicted molar refractivity (Wildman–Crippen MR) is 156 cm³/mol. The maximum atomic E-state index is 13.2. The van der Waals surface area contributed by atoms with Crippen LogP contribution in [0.25, 0.3) is 10.8 Å². The molecular weight excluding hydrogens is 506 g/mol. The summed E-state index contributed by atoms with van der Waals surface area (Å²) >= 11 is 0. The third-order valence-corrected chi connectivity index (χ3v) is 6.76. The van der Waals surface area contributed by atoms with Crippen LogP contribution in [0.3, 0.4) is 0 Å². The Labute approximate surface area is 232 Å². The summed E-state index contributed by atoms with van der Waals surface area (Å²) in [6, 6.07) is 21.9. The molecule has 0 aliphatic heterocycles. The molecular formula is C32H31N3O5. The summed E-state index contributed by atoms with van der Waals surface area (Å²) in [7, 11) is 0. The largest absolute Gasteiger partial charge is 0.508 e. The second-order valence-electron chi connectivity index (χ2n) is 9.72. The predicted octanol–water partition coefficient (Wildman–Crippen LogP) is 5.89. The number of Topliss-reactive ketones (excluding diaryl/α,β-unsaturated/α-hetero) is 1. The first kappa shape index (κ1) is 28.0. The first-order chi connectivity index (χ1) is 19.1. The number of phenols is 2. The smallest absolute Gasteiger partial charge is 0.275 e. The Morgan fingerprint density at radius 2 is 1.60 bits per heavy atom. The van der Waals surface area contributed by atoms with Crippen LogP contribution < -0.4 is 10.7 Å². The number of phenolic OH excluding ortho intramolecular Hbond substituents is 2. The van der Waals surface area contributed by atoms with Crippen LogP contribution in [0.15, 0.2) is 84.0 Å². The lowest BCUT2D eigenvalue weighted by Gasteiger charge is -2.16. The summed E-state index contributed by atoms with van der Waals surface area (Å²) in [5.41, 5.74) is 5.83. The standard InChI is InChI=1S/C32H31N3O5/c1-19-8-9-20(2)27(18-19)33-29(38)17-15-26(21(3)31(39)23-10-13-24(36)14-11-23)34-35-32(40)30-25-7-5-4-6-22(25)12-16-28(30)37/h4-14,16,18,21,36-37H,15,17H2,1-3H3,(H,33,38)(H,35,40)/b34-26+/t21-/m1/s1. The van der Waals surface area contributed by atoms with Gasteiger partial charge in [-0.25, -0.2) is 5.43 Å². The van der Waals surface area contributed by atoms with Crippen LogP contribution in [0.2, 0.25) is 0 Å². The van der Waals surface area contributed by atoms with Gasteiger partial charge in [-0.1, -0.05) is 42.5 Å². The molecule has 0 radical (unpaired) electrons. The van der Waals surface area contributed by atoms with Gasteiger partial charge in [-0.15, -0.1) is 0 Å². The second kappa shape index (κ2) is 12.3. The first-order valence-electron chi connectivity index (χ1n) is 12.9. The summed E-state index contributed by atoms with van der Waals surface area (Å²) in [5.74, 6) is -2.13.